The van der Waals surface area contributed by atoms with Gasteiger partial charge in [0, 0.05) is 5.39 Å². The second kappa shape index (κ2) is 3.81. The molecular formula is C13H14O2. The number of benzene rings is 2. The first-order valence-electron chi connectivity index (χ1n) is 5.05. The number of hydrogen-bond donors (Lipinski definition) is 1. The summed E-state index contributed by atoms with van der Waals surface area (Å²) in [5.74, 6) is 1.14. The van der Waals surface area contributed by atoms with Crippen LogP contribution in [0.2, 0.25) is 0 Å². The molecule has 0 aliphatic carbocycles. The quantitative estimate of drug-likeness (QED) is 0.810. The van der Waals surface area contributed by atoms with Crippen molar-refractivity contribution >= 4 is 10.8 Å². The molecule has 2 aromatic rings. The van der Waals surface area contributed by atoms with Gasteiger partial charge in [0.2, 0.25) is 0 Å². The lowest BCUT2D eigenvalue weighted by Gasteiger charge is -2.08. The normalized spacial score (nSPS) is 10.5. The summed E-state index contributed by atoms with van der Waals surface area (Å²) in [5, 5.41) is 11.8. The summed E-state index contributed by atoms with van der Waals surface area (Å²) in [6, 6.07) is 9.65. The summed E-state index contributed by atoms with van der Waals surface area (Å²) in [5.41, 5.74) is 0.968. The third-order valence-corrected chi connectivity index (χ3v) is 2.64. The molecule has 0 amide bonds. The maximum atomic E-state index is 9.77. The maximum absolute atomic E-state index is 9.77. The highest BCUT2D eigenvalue weighted by Crippen LogP contribution is 2.31. The average Bonchev–Trinajstić information content (AvgIpc) is 2.27. The van der Waals surface area contributed by atoms with Crippen LogP contribution >= 0.6 is 0 Å². The van der Waals surface area contributed by atoms with Crippen molar-refractivity contribution in [1.29, 1.82) is 0 Å². The first-order valence-corrected chi connectivity index (χ1v) is 5.05. The third-order valence-electron chi connectivity index (χ3n) is 2.64. The molecule has 0 unspecified atom stereocenters. The topological polar surface area (TPSA) is 29.5 Å². The molecule has 0 spiro atoms. The second-order valence-electron chi connectivity index (χ2n) is 3.52. The molecule has 78 valence electrons. The van der Waals surface area contributed by atoms with Gasteiger partial charge in [-0.2, -0.15) is 0 Å². The van der Waals surface area contributed by atoms with E-state index in [0.29, 0.717) is 5.75 Å². The smallest absolute Gasteiger partial charge is 0.126 e. The van der Waals surface area contributed by atoms with E-state index < -0.39 is 0 Å². The molecule has 15 heavy (non-hydrogen) atoms. The molecule has 0 fully saturated rings. The van der Waals surface area contributed by atoms with Gasteiger partial charge in [-0.1, -0.05) is 19.1 Å². The van der Waals surface area contributed by atoms with E-state index in [1.807, 2.05) is 31.2 Å². The van der Waals surface area contributed by atoms with Crippen LogP contribution in [0.25, 0.3) is 10.8 Å². The first kappa shape index (κ1) is 9.84. The Labute approximate surface area is 89.1 Å². The van der Waals surface area contributed by atoms with Gasteiger partial charge in [-0.25, -0.2) is 0 Å². The summed E-state index contributed by atoms with van der Waals surface area (Å²) >= 11 is 0. The van der Waals surface area contributed by atoms with E-state index in [1.54, 1.807) is 13.2 Å². The number of phenolic OH excluding ortho intramolecular Hbond substituents is 1. The Morgan fingerprint density at radius 2 is 2.07 bits per heavy atom. The van der Waals surface area contributed by atoms with Crippen molar-refractivity contribution in [2.75, 3.05) is 7.11 Å². The minimum Gasteiger partial charge on any atom is -0.508 e. The molecule has 0 aromatic heterocycles. The monoisotopic (exact) mass is 202 g/mol. The number of ether oxygens (including phenoxy) is 1. The molecule has 0 heterocycles. The minimum absolute atomic E-state index is 0.342. The first-order chi connectivity index (χ1) is 7.26. The van der Waals surface area contributed by atoms with Gasteiger partial charge in [0.1, 0.15) is 11.5 Å². The molecule has 0 saturated carbocycles. The number of rotatable bonds is 2. The molecule has 2 aromatic carbocycles. The summed E-state index contributed by atoms with van der Waals surface area (Å²) in [6.07, 6.45) is 0.832. The van der Waals surface area contributed by atoms with Gasteiger partial charge in [0.15, 0.2) is 0 Å². The Kier molecular flexibility index (Phi) is 2.50. The summed E-state index contributed by atoms with van der Waals surface area (Å²) in [4.78, 5) is 0. The van der Waals surface area contributed by atoms with Crippen molar-refractivity contribution in [3.8, 4) is 11.5 Å². The zero-order chi connectivity index (χ0) is 10.8. The van der Waals surface area contributed by atoms with Crippen molar-refractivity contribution in [2.24, 2.45) is 0 Å². The fourth-order valence-electron chi connectivity index (χ4n) is 1.79. The van der Waals surface area contributed by atoms with Crippen LogP contribution in [0.5, 0.6) is 11.5 Å². The van der Waals surface area contributed by atoms with E-state index in [0.717, 1.165) is 28.5 Å². The number of methoxy groups -OCH3 is 1. The molecule has 0 saturated heterocycles. The second-order valence-corrected chi connectivity index (χ2v) is 3.52. The number of phenols is 1. The molecule has 0 aliphatic heterocycles. The average molecular weight is 202 g/mol. The van der Waals surface area contributed by atoms with Crippen molar-refractivity contribution in [1.82, 2.24) is 0 Å². The van der Waals surface area contributed by atoms with Crippen molar-refractivity contribution in [3.63, 3.8) is 0 Å². The Hall–Kier alpha value is -1.70. The SMILES string of the molecule is CCc1cc2cccc(OC)c2cc1O. The minimum atomic E-state index is 0.342. The highest BCUT2D eigenvalue weighted by atomic mass is 16.5. The number of fused-ring (bicyclic) bond motifs is 1. The molecule has 2 heteroatoms. The predicted octanol–water partition coefficient (Wildman–Crippen LogP) is 3.12. The Morgan fingerprint density at radius 1 is 1.27 bits per heavy atom. The largest absolute Gasteiger partial charge is 0.508 e. The Balaban J connectivity index is 2.74. The van der Waals surface area contributed by atoms with E-state index >= 15 is 0 Å². The van der Waals surface area contributed by atoms with Crippen LogP contribution in [0, 0.1) is 0 Å². The lowest BCUT2D eigenvalue weighted by atomic mass is 10.0. The molecule has 0 radical (unpaired) electrons. The van der Waals surface area contributed by atoms with E-state index in [1.165, 1.54) is 0 Å². The van der Waals surface area contributed by atoms with Crippen LogP contribution < -0.4 is 4.74 Å². The zero-order valence-electron chi connectivity index (χ0n) is 8.95. The number of aryl methyl sites for hydroxylation is 1. The van der Waals surface area contributed by atoms with E-state index in [-0.39, 0.29) is 0 Å². The highest BCUT2D eigenvalue weighted by molar-refractivity contribution is 5.90. The van der Waals surface area contributed by atoms with Gasteiger partial charge in [-0.15, -0.1) is 0 Å². The lowest BCUT2D eigenvalue weighted by Crippen LogP contribution is -1.87. The van der Waals surface area contributed by atoms with Crippen molar-refractivity contribution in [2.45, 2.75) is 13.3 Å². The number of hydrogen-bond acceptors (Lipinski definition) is 2. The van der Waals surface area contributed by atoms with Crippen LogP contribution in [0.15, 0.2) is 30.3 Å². The predicted molar refractivity (Wildman–Crippen MR) is 61.5 cm³/mol. The highest BCUT2D eigenvalue weighted by Gasteiger charge is 2.05. The lowest BCUT2D eigenvalue weighted by molar-refractivity contribution is 0.419. The van der Waals surface area contributed by atoms with Crippen LogP contribution in [-0.2, 0) is 6.42 Å². The summed E-state index contributed by atoms with van der Waals surface area (Å²) < 4.78 is 5.24. The van der Waals surface area contributed by atoms with Crippen LogP contribution in [0.1, 0.15) is 12.5 Å². The molecule has 0 atom stereocenters. The van der Waals surface area contributed by atoms with Gasteiger partial charge in [-0.05, 0) is 35.6 Å². The summed E-state index contributed by atoms with van der Waals surface area (Å²) in [6.45, 7) is 2.03. The summed E-state index contributed by atoms with van der Waals surface area (Å²) in [7, 11) is 1.64. The van der Waals surface area contributed by atoms with E-state index in [4.69, 9.17) is 4.74 Å². The van der Waals surface area contributed by atoms with Gasteiger partial charge in [0.05, 0.1) is 7.11 Å². The molecule has 0 aliphatic rings. The molecule has 2 nitrogen and oxygen atoms in total. The molecule has 1 N–H and O–H groups in total. The Morgan fingerprint density at radius 3 is 2.73 bits per heavy atom. The fourth-order valence-corrected chi connectivity index (χ4v) is 1.79. The van der Waals surface area contributed by atoms with Crippen LogP contribution in [0.4, 0.5) is 0 Å². The fraction of sp³-hybridized carbons (Fsp3) is 0.231. The third kappa shape index (κ3) is 1.63. The van der Waals surface area contributed by atoms with Crippen LogP contribution in [0.3, 0.4) is 0 Å². The van der Waals surface area contributed by atoms with E-state index in [9.17, 15) is 5.11 Å². The Bertz CT molecular complexity index is 489. The van der Waals surface area contributed by atoms with Gasteiger partial charge < -0.3 is 9.84 Å². The number of aromatic hydroxyl groups is 1. The van der Waals surface area contributed by atoms with Gasteiger partial charge in [-0.3, -0.25) is 0 Å². The maximum Gasteiger partial charge on any atom is 0.126 e. The zero-order valence-corrected chi connectivity index (χ0v) is 8.95. The van der Waals surface area contributed by atoms with Gasteiger partial charge >= 0.3 is 0 Å². The van der Waals surface area contributed by atoms with Gasteiger partial charge in [0.25, 0.3) is 0 Å². The molecular weight excluding hydrogens is 188 g/mol. The van der Waals surface area contributed by atoms with Crippen molar-refractivity contribution in [3.05, 3.63) is 35.9 Å². The standard InChI is InChI=1S/C13H14O2/c1-3-9-7-10-5-4-6-13(15-2)11(10)8-12(9)14/h4-8,14H,3H2,1-2H3. The van der Waals surface area contributed by atoms with Crippen LogP contribution in [-0.4, -0.2) is 12.2 Å². The van der Waals surface area contributed by atoms with Crippen molar-refractivity contribution < 1.29 is 9.84 Å². The van der Waals surface area contributed by atoms with E-state index in [2.05, 4.69) is 0 Å². The molecule has 2 rings (SSSR count). The molecule has 0 bridgehead atoms.